The van der Waals surface area contributed by atoms with Gasteiger partial charge in [-0.15, -0.1) is 0 Å². The maximum Gasteiger partial charge on any atom is 0.452 e. The molecule has 124 valence electrons. The van der Waals surface area contributed by atoms with Crippen molar-refractivity contribution in [3.63, 3.8) is 0 Å². The average Bonchev–Trinajstić information content (AvgIpc) is 3.05. The van der Waals surface area contributed by atoms with E-state index in [2.05, 4.69) is 19.2 Å². The third kappa shape index (κ3) is 3.46. The zero-order valence-corrected chi connectivity index (χ0v) is 13.1. The lowest BCUT2D eigenvalue weighted by molar-refractivity contribution is -0.144. The zero-order chi connectivity index (χ0) is 16.4. The summed E-state index contributed by atoms with van der Waals surface area (Å²) in [4.78, 5) is 11.8. The molecule has 3 heterocycles. The van der Waals surface area contributed by atoms with Gasteiger partial charge in [0.15, 0.2) is 0 Å². The molecule has 0 amide bonds. The second-order valence-electron chi connectivity index (χ2n) is 4.93. The van der Waals surface area contributed by atoms with Gasteiger partial charge in [-0.3, -0.25) is 0 Å². The molecule has 0 N–H and O–H groups in total. The van der Waals surface area contributed by atoms with Gasteiger partial charge in [0, 0.05) is 50.0 Å². The lowest BCUT2D eigenvalue weighted by Crippen LogP contribution is -2.46. The van der Waals surface area contributed by atoms with E-state index in [0.29, 0.717) is 31.3 Å². The lowest BCUT2D eigenvalue weighted by atomic mass is 10.3. The summed E-state index contributed by atoms with van der Waals surface area (Å²) < 4.78 is 46.2. The Morgan fingerprint density at radius 1 is 1.17 bits per heavy atom. The molecule has 2 aromatic rings. The van der Waals surface area contributed by atoms with Crippen molar-refractivity contribution in [2.24, 2.45) is 0 Å². The first-order valence-electron chi connectivity index (χ1n) is 6.88. The van der Waals surface area contributed by atoms with Gasteiger partial charge in [0.05, 0.1) is 7.11 Å². The molecule has 10 heteroatoms. The number of pyridine rings is 1. The number of hydrogen-bond donors (Lipinski definition) is 0. The molecule has 0 atom stereocenters. The van der Waals surface area contributed by atoms with E-state index in [1.807, 2.05) is 11.0 Å². The highest BCUT2D eigenvalue weighted by Crippen LogP contribution is 2.31. The summed E-state index contributed by atoms with van der Waals surface area (Å²) in [5.41, 5.74) is 0. The average molecular weight is 345 g/mol. The fraction of sp³-hybridized carbons (Fsp3) is 0.462. The van der Waals surface area contributed by atoms with Crippen LogP contribution in [0, 0.1) is 0 Å². The van der Waals surface area contributed by atoms with Crippen molar-refractivity contribution in [3.05, 3.63) is 24.2 Å². The normalized spacial score (nSPS) is 15.8. The van der Waals surface area contributed by atoms with Crippen LogP contribution < -0.4 is 14.5 Å². The summed E-state index contributed by atoms with van der Waals surface area (Å²) >= 11 is 0.777. The van der Waals surface area contributed by atoms with E-state index in [1.54, 1.807) is 19.4 Å². The van der Waals surface area contributed by atoms with Crippen LogP contribution in [-0.2, 0) is 6.18 Å². The summed E-state index contributed by atoms with van der Waals surface area (Å²) in [6.07, 6.45) is -2.83. The van der Waals surface area contributed by atoms with E-state index in [0.717, 1.165) is 23.1 Å². The van der Waals surface area contributed by atoms with Gasteiger partial charge in [0.2, 0.25) is 11.0 Å². The first kappa shape index (κ1) is 15.8. The van der Waals surface area contributed by atoms with Crippen LogP contribution >= 0.6 is 11.5 Å². The molecule has 0 aliphatic carbocycles. The molecule has 0 bridgehead atoms. The predicted octanol–water partition coefficient (Wildman–Crippen LogP) is 2.29. The highest BCUT2D eigenvalue weighted by molar-refractivity contribution is 7.09. The van der Waals surface area contributed by atoms with Gasteiger partial charge in [-0.05, 0) is 6.07 Å². The first-order chi connectivity index (χ1) is 11.0. The predicted molar refractivity (Wildman–Crippen MR) is 80.1 cm³/mol. The summed E-state index contributed by atoms with van der Waals surface area (Å²) in [5.74, 6) is 0.433. The molecule has 0 saturated carbocycles. The molecule has 6 nitrogen and oxygen atoms in total. The van der Waals surface area contributed by atoms with Crippen molar-refractivity contribution in [1.29, 1.82) is 0 Å². The van der Waals surface area contributed by atoms with Crippen LogP contribution in [0.15, 0.2) is 18.3 Å². The molecule has 2 aromatic heterocycles. The van der Waals surface area contributed by atoms with Gasteiger partial charge in [0.25, 0.3) is 0 Å². The number of aromatic nitrogens is 3. The molecule has 0 unspecified atom stereocenters. The van der Waals surface area contributed by atoms with E-state index in [-0.39, 0.29) is 0 Å². The Bertz CT molecular complexity index is 670. The van der Waals surface area contributed by atoms with E-state index in [1.165, 1.54) is 0 Å². The summed E-state index contributed by atoms with van der Waals surface area (Å²) in [6.45, 7) is 2.40. The van der Waals surface area contributed by atoms with Gasteiger partial charge in [-0.2, -0.15) is 22.5 Å². The Labute approximate surface area is 134 Å². The van der Waals surface area contributed by atoms with Crippen molar-refractivity contribution in [1.82, 2.24) is 14.3 Å². The maximum absolute atomic E-state index is 12.6. The Hall–Kier alpha value is -2.10. The first-order valence-corrected chi connectivity index (χ1v) is 7.65. The Morgan fingerprint density at radius 3 is 2.48 bits per heavy atom. The van der Waals surface area contributed by atoms with Crippen molar-refractivity contribution < 1.29 is 17.9 Å². The number of methoxy groups -OCH3 is 1. The lowest BCUT2D eigenvalue weighted by Gasteiger charge is -2.35. The van der Waals surface area contributed by atoms with Crippen LogP contribution in [0.1, 0.15) is 5.82 Å². The molecule has 0 spiro atoms. The fourth-order valence-corrected chi connectivity index (χ4v) is 3.02. The standard InChI is InChI=1S/C13H14F3N5OS/c1-22-9-2-3-17-10(8-9)20-4-6-21(7-5-20)12-18-11(19-23-12)13(14,15)16/h2-3,8H,4-7H2,1H3. The molecular weight excluding hydrogens is 331 g/mol. The smallest absolute Gasteiger partial charge is 0.452 e. The second-order valence-corrected chi connectivity index (χ2v) is 5.66. The van der Waals surface area contributed by atoms with E-state index in [9.17, 15) is 13.2 Å². The molecule has 3 rings (SSSR count). The minimum Gasteiger partial charge on any atom is -0.497 e. The van der Waals surface area contributed by atoms with Gasteiger partial charge in [-0.25, -0.2) is 4.98 Å². The van der Waals surface area contributed by atoms with Gasteiger partial charge < -0.3 is 14.5 Å². The Balaban J connectivity index is 1.65. The fourth-order valence-electron chi connectivity index (χ4n) is 2.29. The molecule has 23 heavy (non-hydrogen) atoms. The highest BCUT2D eigenvalue weighted by Gasteiger charge is 2.36. The number of ether oxygens (including phenoxy) is 1. The van der Waals surface area contributed by atoms with Crippen LogP contribution in [0.3, 0.4) is 0 Å². The zero-order valence-electron chi connectivity index (χ0n) is 12.2. The summed E-state index contributed by atoms with van der Waals surface area (Å²) in [7, 11) is 1.59. The number of alkyl halides is 3. The van der Waals surface area contributed by atoms with Crippen molar-refractivity contribution >= 4 is 22.5 Å². The van der Waals surface area contributed by atoms with E-state index < -0.39 is 12.0 Å². The van der Waals surface area contributed by atoms with Crippen LogP contribution in [0.4, 0.5) is 24.1 Å². The molecule has 1 fully saturated rings. The summed E-state index contributed by atoms with van der Waals surface area (Å²) in [6, 6.07) is 3.60. The van der Waals surface area contributed by atoms with Crippen molar-refractivity contribution in [3.8, 4) is 5.75 Å². The molecular formula is C13H14F3N5OS. The Kier molecular flexibility index (Phi) is 4.24. The van der Waals surface area contributed by atoms with Crippen LogP contribution in [0.2, 0.25) is 0 Å². The van der Waals surface area contributed by atoms with E-state index >= 15 is 0 Å². The minimum absolute atomic E-state index is 0.301. The van der Waals surface area contributed by atoms with Gasteiger partial charge in [-0.1, -0.05) is 0 Å². The number of hydrogen-bond acceptors (Lipinski definition) is 7. The number of nitrogens with zero attached hydrogens (tertiary/aromatic N) is 5. The van der Waals surface area contributed by atoms with Crippen LogP contribution in [-0.4, -0.2) is 47.6 Å². The minimum atomic E-state index is -4.50. The topological polar surface area (TPSA) is 54.4 Å². The third-order valence-electron chi connectivity index (χ3n) is 3.50. The highest BCUT2D eigenvalue weighted by atomic mass is 32.1. The second kappa shape index (κ2) is 6.19. The number of piperazine rings is 1. The van der Waals surface area contributed by atoms with Crippen molar-refractivity contribution in [2.75, 3.05) is 43.1 Å². The largest absolute Gasteiger partial charge is 0.497 e. The number of anilines is 2. The number of rotatable bonds is 3. The Morgan fingerprint density at radius 2 is 1.87 bits per heavy atom. The molecule has 1 saturated heterocycles. The SMILES string of the molecule is COc1ccnc(N2CCN(c3nc(C(F)(F)F)ns3)CC2)c1. The number of halogens is 3. The monoisotopic (exact) mass is 345 g/mol. The summed E-state index contributed by atoms with van der Waals surface area (Å²) in [5, 5.41) is 0.301. The van der Waals surface area contributed by atoms with Gasteiger partial charge >= 0.3 is 6.18 Å². The van der Waals surface area contributed by atoms with Gasteiger partial charge in [0.1, 0.15) is 11.6 Å². The maximum atomic E-state index is 12.6. The molecule has 0 radical (unpaired) electrons. The van der Waals surface area contributed by atoms with Crippen LogP contribution in [0.5, 0.6) is 5.75 Å². The molecule has 0 aromatic carbocycles. The molecule has 1 aliphatic heterocycles. The van der Waals surface area contributed by atoms with Crippen LogP contribution in [0.25, 0.3) is 0 Å². The molecule has 1 aliphatic rings. The van der Waals surface area contributed by atoms with E-state index in [4.69, 9.17) is 4.74 Å². The van der Waals surface area contributed by atoms with Crippen molar-refractivity contribution in [2.45, 2.75) is 6.18 Å². The quantitative estimate of drug-likeness (QED) is 0.851. The third-order valence-corrected chi connectivity index (χ3v) is 4.27.